The number of carbonyl (C=O) groups is 1. The van der Waals surface area contributed by atoms with Crippen molar-refractivity contribution in [3.8, 4) is 22.1 Å². The molecular formula is C25H17ClF3N5O3S. The molecule has 1 saturated heterocycles. The van der Waals surface area contributed by atoms with Crippen LogP contribution in [0.4, 0.5) is 19.1 Å². The van der Waals surface area contributed by atoms with Gasteiger partial charge in [0.2, 0.25) is 5.95 Å². The van der Waals surface area contributed by atoms with E-state index >= 15 is 0 Å². The van der Waals surface area contributed by atoms with Crippen LogP contribution in [0.3, 0.4) is 0 Å². The smallest absolute Gasteiger partial charge is 0.385 e. The van der Waals surface area contributed by atoms with E-state index in [1.165, 1.54) is 6.07 Å². The highest BCUT2D eigenvalue weighted by atomic mass is 35.5. The van der Waals surface area contributed by atoms with Crippen LogP contribution in [0.1, 0.15) is 12.8 Å². The number of ether oxygens (including phenoxy) is 1. The number of nitrogens with one attached hydrogen (secondary N) is 1. The van der Waals surface area contributed by atoms with E-state index in [1.54, 1.807) is 42.5 Å². The molecule has 0 atom stereocenters. The van der Waals surface area contributed by atoms with E-state index in [0.717, 1.165) is 47.4 Å². The maximum Gasteiger partial charge on any atom is 0.491 e. The molecule has 0 aliphatic carbocycles. The van der Waals surface area contributed by atoms with Crippen LogP contribution in [-0.2, 0) is 4.79 Å². The summed E-state index contributed by atoms with van der Waals surface area (Å²) in [4.78, 5) is 40.1. The standard InChI is InChI=1S/C25H17ClF3N5O3S/c26-14-5-3-13(4-6-14)19-12-18-20(38-19)21(35)34(24(32-18)37-22(36)25(27,28)29)15-7-8-16-17(11-15)31-23(30-16)33-9-1-2-10-33/h3-8,11-12H,1-2,9-10H2,(H,30,31). The van der Waals surface area contributed by atoms with E-state index in [0.29, 0.717) is 26.9 Å². The van der Waals surface area contributed by atoms with E-state index in [-0.39, 0.29) is 15.9 Å². The monoisotopic (exact) mass is 559 g/mol. The van der Waals surface area contributed by atoms with Crippen molar-refractivity contribution in [1.29, 1.82) is 0 Å². The van der Waals surface area contributed by atoms with Crippen molar-refractivity contribution in [3.63, 3.8) is 0 Å². The van der Waals surface area contributed by atoms with Gasteiger partial charge in [0.15, 0.2) is 0 Å². The number of thiophene rings is 1. The summed E-state index contributed by atoms with van der Waals surface area (Å²) < 4.78 is 44.9. The molecule has 1 aliphatic rings. The molecule has 0 spiro atoms. The predicted octanol–water partition coefficient (Wildman–Crippen LogP) is 5.71. The Morgan fingerprint density at radius 2 is 1.76 bits per heavy atom. The Balaban J connectivity index is 1.51. The van der Waals surface area contributed by atoms with Crippen molar-refractivity contribution in [1.82, 2.24) is 19.5 Å². The fourth-order valence-electron chi connectivity index (χ4n) is 4.35. The van der Waals surface area contributed by atoms with Crippen LogP contribution in [0.5, 0.6) is 6.01 Å². The fourth-order valence-corrected chi connectivity index (χ4v) is 5.51. The number of nitrogens with zero attached hydrogens (tertiary/aromatic N) is 4. The number of anilines is 1. The van der Waals surface area contributed by atoms with Gasteiger partial charge in [-0.2, -0.15) is 18.2 Å². The third-order valence-corrected chi connectivity index (χ3v) is 7.59. The highest BCUT2D eigenvalue weighted by molar-refractivity contribution is 7.22. The molecule has 4 heterocycles. The van der Waals surface area contributed by atoms with Gasteiger partial charge in [-0.1, -0.05) is 23.7 Å². The lowest BCUT2D eigenvalue weighted by molar-refractivity contribution is -0.190. The van der Waals surface area contributed by atoms with E-state index in [2.05, 4.69) is 24.6 Å². The highest BCUT2D eigenvalue weighted by Gasteiger charge is 2.42. The molecule has 0 radical (unpaired) electrons. The number of hydrogen-bond acceptors (Lipinski definition) is 7. The Labute approximate surface area is 221 Å². The second kappa shape index (κ2) is 9.14. The minimum Gasteiger partial charge on any atom is -0.385 e. The number of aromatic amines is 1. The minimum absolute atomic E-state index is 0.102. The predicted molar refractivity (Wildman–Crippen MR) is 138 cm³/mol. The molecule has 1 aliphatic heterocycles. The summed E-state index contributed by atoms with van der Waals surface area (Å²) in [5, 5.41) is 0.527. The van der Waals surface area contributed by atoms with Gasteiger partial charge in [-0.25, -0.2) is 14.3 Å². The molecule has 0 saturated carbocycles. The molecule has 3 aromatic heterocycles. The lowest BCUT2D eigenvalue weighted by Gasteiger charge is -2.13. The molecule has 5 aromatic rings. The Morgan fingerprint density at radius 3 is 2.47 bits per heavy atom. The summed E-state index contributed by atoms with van der Waals surface area (Å²) in [6.45, 7) is 1.72. The van der Waals surface area contributed by atoms with Crippen molar-refractivity contribution in [3.05, 3.63) is 63.9 Å². The van der Waals surface area contributed by atoms with Gasteiger partial charge in [0.25, 0.3) is 5.56 Å². The van der Waals surface area contributed by atoms with Crippen LogP contribution in [0.15, 0.2) is 53.3 Å². The van der Waals surface area contributed by atoms with Crippen molar-refractivity contribution < 1.29 is 22.7 Å². The first-order chi connectivity index (χ1) is 18.2. The largest absolute Gasteiger partial charge is 0.491 e. The van der Waals surface area contributed by atoms with Crippen molar-refractivity contribution >= 4 is 56.1 Å². The Hall–Kier alpha value is -3.90. The van der Waals surface area contributed by atoms with Gasteiger partial charge in [0, 0.05) is 23.0 Å². The van der Waals surface area contributed by atoms with Crippen LogP contribution < -0.4 is 15.2 Å². The van der Waals surface area contributed by atoms with E-state index in [9.17, 15) is 22.8 Å². The van der Waals surface area contributed by atoms with Gasteiger partial charge >= 0.3 is 18.2 Å². The molecular weight excluding hydrogens is 543 g/mol. The number of esters is 1. The van der Waals surface area contributed by atoms with E-state index < -0.39 is 23.7 Å². The lowest BCUT2D eigenvalue weighted by atomic mass is 10.2. The summed E-state index contributed by atoms with van der Waals surface area (Å²) in [7, 11) is 0. The fraction of sp³-hybridized carbons (Fsp3) is 0.200. The van der Waals surface area contributed by atoms with E-state index in [1.807, 2.05) is 0 Å². The number of imidazole rings is 1. The topological polar surface area (TPSA) is 93.1 Å². The van der Waals surface area contributed by atoms with Crippen LogP contribution in [0, 0.1) is 0 Å². The van der Waals surface area contributed by atoms with Gasteiger partial charge in [-0.15, -0.1) is 11.3 Å². The number of rotatable bonds is 4. The average molecular weight is 560 g/mol. The quantitative estimate of drug-likeness (QED) is 0.283. The number of hydrogen-bond donors (Lipinski definition) is 1. The number of H-pyrrole nitrogens is 1. The van der Waals surface area contributed by atoms with Crippen molar-refractivity contribution in [2.24, 2.45) is 0 Å². The minimum atomic E-state index is -5.28. The Kier molecular flexibility index (Phi) is 5.88. The zero-order chi connectivity index (χ0) is 26.6. The molecule has 0 amide bonds. The number of halogens is 4. The molecule has 0 unspecified atom stereocenters. The molecule has 2 aromatic carbocycles. The van der Waals surface area contributed by atoms with Crippen molar-refractivity contribution in [2.45, 2.75) is 19.0 Å². The molecule has 194 valence electrons. The second-order valence-electron chi connectivity index (χ2n) is 8.71. The van der Waals surface area contributed by atoms with E-state index in [4.69, 9.17) is 11.6 Å². The molecule has 38 heavy (non-hydrogen) atoms. The lowest BCUT2D eigenvalue weighted by Crippen LogP contribution is -2.31. The zero-order valence-corrected chi connectivity index (χ0v) is 21.0. The maximum atomic E-state index is 13.6. The SMILES string of the molecule is O=C(Oc1nc2cc(-c3ccc(Cl)cc3)sc2c(=O)n1-c1ccc2nc(N3CCCC3)[nH]c2c1)C(F)(F)F. The molecule has 8 nitrogen and oxygen atoms in total. The first-order valence-electron chi connectivity index (χ1n) is 11.5. The number of benzene rings is 2. The third kappa shape index (κ3) is 4.39. The second-order valence-corrected chi connectivity index (χ2v) is 10.2. The van der Waals surface area contributed by atoms with Crippen LogP contribution in [0.25, 0.3) is 37.4 Å². The van der Waals surface area contributed by atoms with Gasteiger partial charge in [0.1, 0.15) is 4.70 Å². The van der Waals surface area contributed by atoms with Crippen molar-refractivity contribution in [2.75, 3.05) is 18.0 Å². The summed E-state index contributed by atoms with van der Waals surface area (Å²) in [5.41, 5.74) is 1.52. The van der Waals surface area contributed by atoms with Crippen LogP contribution in [0.2, 0.25) is 5.02 Å². The highest BCUT2D eigenvalue weighted by Crippen LogP contribution is 2.34. The van der Waals surface area contributed by atoms with Crippen LogP contribution in [-0.4, -0.2) is 44.8 Å². The first-order valence-corrected chi connectivity index (χ1v) is 12.7. The molecule has 6 rings (SSSR count). The normalized spacial score (nSPS) is 14.1. The molecule has 13 heteroatoms. The number of alkyl halides is 3. The summed E-state index contributed by atoms with van der Waals surface area (Å²) >= 11 is 7.09. The van der Waals surface area contributed by atoms with Gasteiger partial charge in [-0.05, 0) is 54.8 Å². The van der Waals surface area contributed by atoms with Gasteiger partial charge < -0.3 is 14.6 Å². The molecule has 1 fully saturated rings. The zero-order valence-electron chi connectivity index (χ0n) is 19.4. The molecule has 1 N–H and O–H groups in total. The Morgan fingerprint density at radius 1 is 1.03 bits per heavy atom. The molecule has 0 bridgehead atoms. The average Bonchev–Trinajstić information content (AvgIpc) is 3.63. The van der Waals surface area contributed by atoms with Gasteiger partial charge in [0.05, 0.1) is 22.2 Å². The number of fused-ring (bicyclic) bond motifs is 2. The van der Waals surface area contributed by atoms with Crippen LogP contribution >= 0.6 is 22.9 Å². The maximum absolute atomic E-state index is 13.6. The Bertz CT molecular complexity index is 1750. The summed E-state index contributed by atoms with van der Waals surface area (Å²) in [6, 6.07) is 12.4. The van der Waals surface area contributed by atoms with Gasteiger partial charge in [-0.3, -0.25) is 4.79 Å². The third-order valence-electron chi connectivity index (χ3n) is 6.18. The summed E-state index contributed by atoms with van der Waals surface area (Å²) in [5.74, 6) is -1.81. The first kappa shape index (κ1) is 24.4. The summed E-state index contributed by atoms with van der Waals surface area (Å²) in [6.07, 6.45) is -3.18. The number of aromatic nitrogens is 4. The number of carbonyl (C=O) groups excluding carboxylic acids is 1.